The van der Waals surface area contributed by atoms with E-state index < -0.39 is 0 Å². The van der Waals surface area contributed by atoms with E-state index in [4.69, 9.17) is 4.74 Å². The number of ether oxygens (including phenoxy) is 1. The molecule has 0 aliphatic rings. The first-order chi connectivity index (χ1) is 10.1. The third kappa shape index (κ3) is 4.07. The van der Waals surface area contributed by atoms with E-state index in [9.17, 15) is 9.90 Å². The number of phenols is 1. The molecule has 0 aliphatic heterocycles. The standard InChI is InChI=1S/C17H19NO3/c1-12(2)11-21-8-7-18-17(20)15-9-13-5-3-4-6-14(13)10-16(15)19/h3-6,9-10,19H,1,7-8,11H2,2H3,(H,18,20). The van der Waals surface area contributed by atoms with Crippen molar-refractivity contribution in [3.8, 4) is 5.75 Å². The third-order valence-electron chi connectivity index (χ3n) is 2.99. The molecule has 2 aromatic rings. The molecule has 0 bridgehead atoms. The summed E-state index contributed by atoms with van der Waals surface area (Å²) in [6.45, 7) is 6.89. The van der Waals surface area contributed by atoms with Gasteiger partial charge in [-0.3, -0.25) is 4.79 Å². The first-order valence-electron chi connectivity index (χ1n) is 6.80. The maximum absolute atomic E-state index is 12.1. The zero-order valence-corrected chi connectivity index (χ0v) is 12.1. The number of fused-ring (bicyclic) bond motifs is 1. The lowest BCUT2D eigenvalue weighted by Crippen LogP contribution is -2.27. The van der Waals surface area contributed by atoms with Crippen LogP contribution in [0.3, 0.4) is 0 Å². The Balaban J connectivity index is 1.99. The van der Waals surface area contributed by atoms with Crippen molar-refractivity contribution in [1.29, 1.82) is 0 Å². The minimum Gasteiger partial charge on any atom is -0.507 e. The van der Waals surface area contributed by atoms with Crippen LogP contribution < -0.4 is 5.32 Å². The van der Waals surface area contributed by atoms with Gasteiger partial charge >= 0.3 is 0 Å². The molecule has 0 heterocycles. The predicted octanol–water partition coefficient (Wildman–Crippen LogP) is 2.87. The van der Waals surface area contributed by atoms with E-state index in [0.29, 0.717) is 19.8 Å². The summed E-state index contributed by atoms with van der Waals surface area (Å²) in [7, 11) is 0. The Morgan fingerprint density at radius 1 is 1.29 bits per heavy atom. The topological polar surface area (TPSA) is 58.6 Å². The van der Waals surface area contributed by atoms with Crippen LogP contribution in [-0.2, 0) is 4.74 Å². The van der Waals surface area contributed by atoms with Crippen molar-refractivity contribution in [2.75, 3.05) is 19.8 Å². The van der Waals surface area contributed by atoms with Crippen molar-refractivity contribution >= 4 is 16.7 Å². The Bertz CT molecular complexity index is 664. The van der Waals surface area contributed by atoms with Crippen LogP contribution in [0.4, 0.5) is 0 Å². The summed E-state index contributed by atoms with van der Waals surface area (Å²) < 4.78 is 5.31. The van der Waals surface area contributed by atoms with E-state index in [1.165, 1.54) is 0 Å². The fourth-order valence-corrected chi connectivity index (χ4v) is 1.99. The van der Waals surface area contributed by atoms with Gasteiger partial charge in [-0.2, -0.15) is 0 Å². The molecule has 2 rings (SSSR count). The normalized spacial score (nSPS) is 10.5. The Kier molecular flexibility index (Phi) is 4.95. The number of carbonyl (C=O) groups is 1. The molecule has 0 spiro atoms. The molecule has 110 valence electrons. The summed E-state index contributed by atoms with van der Waals surface area (Å²) in [6.07, 6.45) is 0. The number of rotatable bonds is 6. The molecule has 0 radical (unpaired) electrons. The van der Waals surface area contributed by atoms with Gasteiger partial charge in [-0.05, 0) is 29.8 Å². The van der Waals surface area contributed by atoms with Crippen molar-refractivity contribution < 1.29 is 14.6 Å². The van der Waals surface area contributed by atoms with Crippen molar-refractivity contribution in [2.45, 2.75) is 6.92 Å². The van der Waals surface area contributed by atoms with E-state index in [0.717, 1.165) is 16.3 Å². The summed E-state index contributed by atoms with van der Waals surface area (Å²) in [5, 5.41) is 14.5. The predicted molar refractivity (Wildman–Crippen MR) is 83.6 cm³/mol. The molecule has 0 aliphatic carbocycles. The summed E-state index contributed by atoms with van der Waals surface area (Å²) in [5.41, 5.74) is 1.21. The van der Waals surface area contributed by atoms with Crippen molar-refractivity contribution in [3.63, 3.8) is 0 Å². The monoisotopic (exact) mass is 285 g/mol. The first-order valence-corrected chi connectivity index (χ1v) is 6.80. The maximum Gasteiger partial charge on any atom is 0.255 e. The van der Waals surface area contributed by atoms with Crippen LogP contribution >= 0.6 is 0 Å². The summed E-state index contributed by atoms with van der Waals surface area (Å²) >= 11 is 0. The average molecular weight is 285 g/mol. The van der Waals surface area contributed by atoms with Crippen LogP contribution in [0.1, 0.15) is 17.3 Å². The van der Waals surface area contributed by atoms with Gasteiger partial charge in [0.25, 0.3) is 5.91 Å². The molecule has 21 heavy (non-hydrogen) atoms. The number of carbonyl (C=O) groups excluding carboxylic acids is 1. The summed E-state index contributed by atoms with van der Waals surface area (Å²) in [5.74, 6) is -0.328. The minimum absolute atomic E-state index is 0.0194. The fraction of sp³-hybridized carbons (Fsp3) is 0.235. The third-order valence-corrected chi connectivity index (χ3v) is 2.99. The Morgan fingerprint density at radius 2 is 1.95 bits per heavy atom. The molecule has 2 N–H and O–H groups in total. The van der Waals surface area contributed by atoms with Gasteiger partial charge in [0, 0.05) is 6.54 Å². The number of hydrogen-bond acceptors (Lipinski definition) is 3. The molecule has 0 aromatic heterocycles. The number of nitrogens with one attached hydrogen (secondary N) is 1. The van der Waals surface area contributed by atoms with Gasteiger partial charge in [-0.1, -0.05) is 36.4 Å². The molecule has 0 atom stereocenters. The fourth-order valence-electron chi connectivity index (χ4n) is 1.99. The van der Waals surface area contributed by atoms with Gasteiger partial charge in [-0.25, -0.2) is 0 Å². The van der Waals surface area contributed by atoms with Gasteiger partial charge in [0.2, 0.25) is 0 Å². The van der Waals surface area contributed by atoms with Gasteiger partial charge in [-0.15, -0.1) is 0 Å². The molecular formula is C17H19NO3. The second kappa shape index (κ2) is 6.90. The first kappa shape index (κ1) is 15.1. The molecule has 0 fully saturated rings. The SMILES string of the molecule is C=C(C)COCCNC(=O)c1cc2ccccc2cc1O. The highest BCUT2D eigenvalue weighted by Crippen LogP contribution is 2.24. The summed E-state index contributed by atoms with van der Waals surface area (Å²) in [6, 6.07) is 10.9. The smallest absolute Gasteiger partial charge is 0.255 e. The molecule has 2 aromatic carbocycles. The lowest BCUT2D eigenvalue weighted by molar-refractivity contribution is 0.0924. The lowest BCUT2D eigenvalue weighted by atomic mass is 10.1. The van der Waals surface area contributed by atoms with Crippen molar-refractivity contribution in [2.24, 2.45) is 0 Å². The number of aromatic hydroxyl groups is 1. The zero-order chi connectivity index (χ0) is 15.2. The number of hydrogen-bond donors (Lipinski definition) is 2. The second-order valence-electron chi connectivity index (χ2n) is 4.98. The molecule has 0 saturated carbocycles. The van der Waals surface area contributed by atoms with Crippen LogP contribution in [0.5, 0.6) is 5.75 Å². The van der Waals surface area contributed by atoms with E-state index in [1.54, 1.807) is 12.1 Å². The van der Waals surface area contributed by atoms with Gasteiger partial charge in [0.05, 0.1) is 18.8 Å². The van der Waals surface area contributed by atoms with Crippen LogP contribution in [-0.4, -0.2) is 30.8 Å². The highest BCUT2D eigenvalue weighted by atomic mass is 16.5. The van der Waals surface area contributed by atoms with E-state index in [-0.39, 0.29) is 17.2 Å². The minimum atomic E-state index is -0.308. The van der Waals surface area contributed by atoms with Crippen LogP contribution in [0.25, 0.3) is 10.8 Å². The Morgan fingerprint density at radius 3 is 2.62 bits per heavy atom. The molecule has 4 nitrogen and oxygen atoms in total. The average Bonchev–Trinajstić information content (AvgIpc) is 2.45. The Hall–Kier alpha value is -2.33. The largest absolute Gasteiger partial charge is 0.507 e. The lowest BCUT2D eigenvalue weighted by Gasteiger charge is -2.09. The molecule has 0 saturated heterocycles. The quantitative estimate of drug-likeness (QED) is 0.634. The van der Waals surface area contributed by atoms with Gasteiger partial charge in [0.15, 0.2) is 0 Å². The van der Waals surface area contributed by atoms with Crippen LogP contribution in [0.2, 0.25) is 0 Å². The van der Waals surface area contributed by atoms with E-state index in [2.05, 4.69) is 11.9 Å². The molecule has 1 amide bonds. The van der Waals surface area contributed by atoms with Crippen LogP contribution in [0.15, 0.2) is 48.6 Å². The molecule has 4 heteroatoms. The summed E-state index contributed by atoms with van der Waals surface area (Å²) in [4.78, 5) is 12.1. The Labute approximate surface area is 124 Å². The molecule has 0 unspecified atom stereocenters. The van der Waals surface area contributed by atoms with E-state index >= 15 is 0 Å². The number of phenolic OH excluding ortho intramolecular Hbond substituents is 1. The second-order valence-corrected chi connectivity index (χ2v) is 4.98. The van der Waals surface area contributed by atoms with E-state index in [1.807, 2.05) is 31.2 Å². The zero-order valence-electron chi connectivity index (χ0n) is 12.1. The van der Waals surface area contributed by atoms with Crippen LogP contribution in [0, 0.1) is 0 Å². The highest BCUT2D eigenvalue weighted by molar-refractivity contribution is 6.01. The maximum atomic E-state index is 12.1. The van der Waals surface area contributed by atoms with Crippen molar-refractivity contribution in [3.05, 3.63) is 54.1 Å². The number of benzene rings is 2. The highest BCUT2D eigenvalue weighted by Gasteiger charge is 2.11. The van der Waals surface area contributed by atoms with Crippen molar-refractivity contribution in [1.82, 2.24) is 5.32 Å². The van der Waals surface area contributed by atoms with Gasteiger partial charge < -0.3 is 15.2 Å². The number of amides is 1. The molecular weight excluding hydrogens is 266 g/mol. The van der Waals surface area contributed by atoms with Gasteiger partial charge in [0.1, 0.15) is 5.75 Å².